The van der Waals surface area contributed by atoms with E-state index < -0.39 is 0 Å². The molecule has 0 saturated carbocycles. The predicted octanol–water partition coefficient (Wildman–Crippen LogP) is 3.49. The lowest BCUT2D eigenvalue weighted by atomic mass is 10.0. The van der Waals surface area contributed by atoms with Gasteiger partial charge in [-0.1, -0.05) is 6.07 Å². The highest BCUT2D eigenvalue weighted by molar-refractivity contribution is 6.00. The second-order valence-electron chi connectivity index (χ2n) is 9.85. The minimum Gasteiger partial charge on any atom is -0.490 e. The van der Waals surface area contributed by atoms with Crippen LogP contribution in [0.3, 0.4) is 0 Å². The summed E-state index contributed by atoms with van der Waals surface area (Å²) in [5.41, 5.74) is 3.39. The standard InChI is InChI=1S/C27H30N2O6/c1-16-9-23-26(24(10-16)34-15-20-3-2-8-32-20)27(31)29-13-21(11-18(29)14-33-23)35-19-6-4-17-5-7-25(30)28-22(17)12-19/h4,6,9-10,12,18,20-21H,2-3,5,7-8,11,13-15H2,1H3,(H,28,30)/t18-,20?,21+/m1/s1. The molecule has 3 atom stereocenters. The lowest BCUT2D eigenvalue weighted by molar-refractivity contribution is -0.116. The quantitative estimate of drug-likeness (QED) is 0.708. The van der Waals surface area contributed by atoms with E-state index in [0.717, 1.165) is 42.7 Å². The zero-order chi connectivity index (χ0) is 23.9. The van der Waals surface area contributed by atoms with Crippen LogP contribution in [0.25, 0.3) is 0 Å². The molecule has 8 nitrogen and oxygen atoms in total. The second-order valence-corrected chi connectivity index (χ2v) is 9.85. The van der Waals surface area contributed by atoms with E-state index in [1.807, 2.05) is 42.2 Å². The Morgan fingerprint density at radius 3 is 2.94 bits per heavy atom. The van der Waals surface area contributed by atoms with Gasteiger partial charge in [-0.2, -0.15) is 0 Å². The zero-order valence-corrected chi connectivity index (χ0v) is 19.9. The van der Waals surface area contributed by atoms with Gasteiger partial charge in [0.05, 0.1) is 18.7 Å². The lowest BCUT2D eigenvalue weighted by Gasteiger charge is -2.22. The fraction of sp³-hybridized carbons (Fsp3) is 0.481. The minimum absolute atomic E-state index is 0.0260. The molecule has 0 radical (unpaired) electrons. The zero-order valence-electron chi connectivity index (χ0n) is 19.9. The van der Waals surface area contributed by atoms with Crippen molar-refractivity contribution in [3.05, 3.63) is 47.0 Å². The first-order chi connectivity index (χ1) is 17.0. The van der Waals surface area contributed by atoms with Crippen LogP contribution in [0.2, 0.25) is 0 Å². The van der Waals surface area contributed by atoms with E-state index in [0.29, 0.717) is 55.4 Å². The molecule has 4 heterocycles. The Hall–Kier alpha value is -3.26. The molecular weight excluding hydrogens is 448 g/mol. The van der Waals surface area contributed by atoms with Gasteiger partial charge in [0.15, 0.2) is 0 Å². The van der Waals surface area contributed by atoms with Crippen molar-refractivity contribution >= 4 is 17.5 Å². The molecule has 2 fully saturated rings. The van der Waals surface area contributed by atoms with Crippen molar-refractivity contribution in [1.82, 2.24) is 4.90 Å². The van der Waals surface area contributed by atoms with Gasteiger partial charge < -0.3 is 29.2 Å². The van der Waals surface area contributed by atoms with Crippen LogP contribution >= 0.6 is 0 Å². The number of fused-ring (bicyclic) bond motifs is 3. The highest BCUT2D eigenvalue weighted by Crippen LogP contribution is 2.38. The van der Waals surface area contributed by atoms with Crippen LogP contribution in [-0.2, 0) is 16.0 Å². The molecule has 4 aliphatic rings. The molecule has 4 aliphatic heterocycles. The van der Waals surface area contributed by atoms with E-state index >= 15 is 0 Å². The smallest absolute Gasteiger partial charge is 0.261 e. The highest BCUT2D eigenvalue weighted by Gasteiger charge is 2.41. The number of hydrogen-bond acceptors (Lipinski definition) is 6. The monoisotopic (exact) mass is 478 g/mol. The summed E-state index contributed by atoms with van der Waals surface area (Å²) in [5.74, 6) is 1.76. The van der Waals surface area contributed by atoms with Gasteiger partial charge in [-0.25, -0.2) is 0 Å². The SMILES string of the molecule is Cc1cc(OCC2CCCO2)c2c(c1)OC[C@H]1C[C@H](Oc3ccc4c(c3)NC(=O)CC4)CN1C2=O. The number of ether oxygens (including phenoxy) is 4. The summed E-state index contributed by atoms with van der Waals surface area (Å²) >= 11 is 0. The van der Waals surface area contributed by atoms with Crippen molar-refractivity contribution in [2.45, 2.75) is 57.3 Å². The van der Waals surface area contributed by atoms with Crippen LogP contribution in [0, 0.1) is 6.92 Å². The molecule has 2 saturated heterocycles. The second kappa shape index (κ2) is 9.07. The summed E-state index contributed by atoms with van der Waals surface area (Å²) in [7, 11) is 0. The molecule has 0 aromatic heterocycles. The maximum absolute atomic E-state index is 13.7. The van der Waals surface area contributed by atoms with Gasteiger partial charge in [0, 0.05) is 31.2 Å². The molecule has 35 heavy (non-hydrogen) atoms. The summed E-state index contributed by atoms with van der Waals surface area (Å²) in [4.78, 5) is 27.3. The summed E-state index contributed by atoms with van der Waals surface area (Å²) in [6.07, 6.45) is 3.83. The largest absolute Gasteiger partial charge is 0.490 e. The number of aryl methyl sites for hydroxylation is 2. The molecule has 1 unspecified atom stereocenters. The third-order valence-corrected chi connectivity index (χ3v) is 7.22. The predicted molar refractivity (Wildman–Crippen MR) is 128 cm³/mol. The molecule has 0 bridgehead atoms. The van der Waals surface area contributed by atoms with Crippen LogP contribution in [0.5, 0.6) is 17.2 Å². The number of anilines is 1. The number of hydrogen-bond donors (Lipinski definition) is 1. The number of nitrogens with one attached hydrogen (secondary N) is 1. The first-order valence-electron chi connectivity index (χ1n) is 12.5. The van der Waals surface area contributed by atoms with E-state index in [1.54, 1.807) is 0 Å². The fourth-order valence-corrected chi connectivity index (χ4v) is 5.43. The van der Waals surface area contributed by atoms with Gasteiger partial charge in [0.1, 0.15) is 42.1 Å². The van der Waals surface area contributed by atoms with E-state index in [1.165, 1.54) is 0 Å². The number of carbonyl (C=O) groups excluding carboxylic acids is 2. The molecule has 0 spiro atoms. The first kappa shape index (κ1) is 22.2. The van der Waals surface area contributed by atoms with Gasteiger partial charge in [-0.05, 0) is 55.5 Å². The Morgan fingerprint density at radius 2 is 2.09 bits per heavy atom. The summed E-state index contributed by atoms with van der Waals surface area (Å²) in [6, 6.07) is 9.55. The van der Waals surface area contributed by atoms with E-state index in [2.05, 4.69) is 5.32 Å². The number of nitrogens with zero attached hydrogens (tertiary/aromatic N) is 1. The van der Waals surface area contributed by atoms with Crippen molar-refractivity contribution in [2.75, 3.05) is 31.7 Å². The summed E-state index contributed by atoms with van der Waals surface area (Å²) < 4.78 is 24.2. The number of amides is 2. The van der Waals surface area contributed by atoms with Gasteiger partial charge >= 0.3 is 0 Å². The molecular formula is C27H30N2O6. The van der Waals surface area contributed by atoms with Crippen molar-refractivity contribution in [3.8, 4) is 17.2 Å². The van der Waals surface area contributed by atoms with Crippen LogP contribution in [0.1, 0.15) is 47.2 Å². The Labute approximate surface area is 204 Å². The van der Waals surface area contributed by atoms with E-state index in [9.17, 15) is 9.59 Å². The molecule has 2 amide bonds. The first-order valence-corrected chi connectivity index (χ1v) is 12.5. The average molecular weight is 479 g/mol. The third-order valence-electron chi connectivity index (χ3n) is 7.22. The summed E-state index contributed by atoms with van der Waals surface area (Å²) in [5, 5.41) is 2.92. The van der Waals surface area contributed by atoms with Gasteiger partial charge in [-0.3, -0.25) is 9.59 Å². The van der Waals surface area contributed by atoms with E-state index in [4.69, 9.17) is 18.9 Å². The van der Waals surface area contributed by atoms with Crippen molar-refractivity contribution in [3.63, 3.8) is 0 Å². The normalized spacial score (nSPS) is 25.2. The highest BCUT2D eigenvalue weighted by atomic mass is 16.5. The Morgan fingerprint density at radius 1 is 1.17 bits per heavy atom. The van der Waals surface area contributed by atoms with Crippen LogP contribution in [0.15, 0.2) is 30.3 Å². The van der Waals surface area contributed by atoms with Crippen molar-refractivity contribution in [2.24, 2.45) is 0 Å². The number of carbonyl (C=O) groups is 2. The molecule has 6 rings (SSSR count). The Kier molecular flexibility index (Phi) is 5.76. The summed E-state index contributed by atoms with van der Waals surface area (Å²) in [6.45, 7) is 4.04. The van der Waals surface area contributed by atoms with Gasteiger partial charge in [0.2, 0.25) is 5.91 Å². The van der Waals surface area contributed by atoms with Crippen LogP contribution < -0.4 is 19.5 Å². The van der Waals surface area contributed by atoms with Gasteiger partial charge in [0.25, 0.3) is 5.91 Å². The third kappa shape index (κ3) is 4.43. The van der Waals surface area contributed by atoms with Crippen LogP contribution in [0.4, 0.5) is 5.69 Å². The molecule has 1 N–H and O–H groups in total. The van der Waals surface area contributed by atoms with Crippen molar-refractivity contribution < 1.29 is 28.5 Å². The van der Waals surface area contributed by atoms with E-state index in [-0.39, 0.29) is 30.1 Å². The average Bonchev–Trinajstić information content (AvgIpc) is 3.48. The molecule has 8 heteroatoms. The molecule has 2 aromatic carbocycles. The number of rotatable bonds is 5. The van der Waals surface area contributed by atoms with Crippen molar-refractivity contribution in [1.29, 1.82) is 0 Å². The topological polar surface area (TPSA) is 86.3 Å². The maximum Gasteiger partial charge on any atom is 0.261 e. The molecule has 184 valence electrons. The maximum atomic E-state index is 13.7. The van der Waals surface area contributed by atoms with Gasteiger partial charge in [-0.15, -0.1) is 0 Å². The Balaban J connectivity index is 1.19. The number of benzene rings is 2. The minimum atomic E-state index is -0.159. The molecule has 0 aliphatic carbocycles. The van der Waals surface area contributed by atoms with Crippen LogP contribution in [-0.4, -0.2) is 61.3 Å². The Bertz CT molecular complexity index is 1160. The lowest BCUT2D eigenvalue weighted by Crippen LogP contribution is -2.37. The molecule has 2 aromatic rings. The fourth-order valence-electron chi connectivity index (χ4n) is 5.43.